The smallest absolute Gasteiger partial charge is 0.403 e. The van der Waals surface area contributed by atoms with Gasteiger partial charge in [0.05, 0.1) is 12.3 Å². The number of piperidine rings is 1. The van der Waals surface area contributed by atoms with E-state index in [-0.39, 0.29) is 18.1 Å². The van der Waals surface area contributed by atoms with Crippen LogP contribution in [0.5, 0.6) is 5.75 Å². The molecule has 0 aliphatic carbocycles. The van der Waals surface area contributed by atoms with E-state index >= 15 is 0 Å². The summed E-state index contributed by atoms with van der Waals surface area (Å²) in [6.45, 7) is 1.07. The van der Waals surface area contributed by atoms with Crippen molar-refractivity contribution in [1.82, 2.24) is 10.1 Å². The number of alkyl halides is 3. The predicted octanol–water partition coefficient (Wildman–Crippen LogP) is 3.14. The Hall–Kier alpha value is -2.82. The van der Waals surface area contributed by atoms with Crippen molar-refractivity contribution in [2.24, 2.45) is 0 Å². The van der Waals surface area contributed by atoms with E-state index in [1.165, 1.54) is 4.90 Å². The Morgan fingerprint density at radius 2 is 2.03 bits per heavy atom. The standard InChI is InChI=1S/C18H19F4N3O4/c19-13-9-12(1-2-15(13)28-18(20,21)22)17(27)25-6-3-11(4-7-25)14-10-16(29-24-14)23-5-8-26/h1-2,9-11,23,26H,3-8H2. The molecule has 0 bridgehead atoms. The number of hydrogen-bond donors (Lipinski definition) is 2. The van der Waals surface area contributed by atoms with Crippen LogP contribution in [-0.2, 0) is 0 Å². The lowest BCUT2D eigenvalue weighted by molar-refractivity contribution is -0.275. The van der Waals surface area contributed by atoms with E-state index < -0.39 is 23.8 Å². The van der Waals surface area contributed by atoms with Gasteiger partial charge in [0.1, 0.15) is 0 Å². The molecule has 2 heterocycles. The molecule has 158 valence electrons. The molecule has 0 radical (unpaired) electrons. The quantitative estimate of drug-likeness (QED) is 0.703. The molecule has 1 saturated heterocycles. The summed E-state index contributed by atoms with van der Waals surface area (Å²) in [6.07, 6.45) is -3.80. The molecule has 11 heteroatoms. The molecule has 0 spiro atoms. The predicted molar refractivity (Wildman–Crippen MR) is 93.0 cm³/mol. The average Bonchev–Trinajstić information content (AvgIpc) is 3.15. The molecule has 1 amide bonds. The second-order valence-electron chi connectivity index (χ2n) is 6.53. The number of halogens is 4. The third-order valence-corrected chi connectivity index (χ3v) is 4.54. The topological polar surface area (TPSA) is 87.8 Å². The minimum absolute atomic E-state index is 0.0412. The summed E-state index contributed by atoms with van der Waals surface area (Å²) in [5.41, 5.74) is 0.685. The number of likely N-dealkylation sites (tertiary alicyclic amines) is 1. The molecular weight excluding hydrogens is 398 g/mol. The number of hydrogen-bond acceptors (Lipinski definition) is 6. The summed E-state index contributed by atoms with van der Waals surface area (Å²) in [5.74, 6) is -2.18. The number of anilines is 1. The van der Waals surface area contributed by atoms with E-state index in [2.05, 4.69) is 15.2 Å². The molecule has 1 aliphatic rings. The van der Waals surface area contributed by atoms with E-state index in [0.717, 1.165) is 23.9 Å². The van der Waals surface area contributed by atoms with Crippen molar-refractivity contribution in [2.75, 3.05) is 31.6 Å². The lowest BCUT2D eigenvalue weighted by Crippen LogP contribution is -2.38. The molecule has 7 nitrogen and oxygen atoms in total. The molecule has 0 atom stereocenters. The molecule has 1 aromatic heterocycles. The van der Waals surface area contributed by atoms with Crippen molar-refractivity contribution in [3.63, 3.8) is 0 Å². The second-order valence-corrected chi connectivity index (χ2v) is 6.53. The van der Waals surface area contributed by atoms with Crippen LogP contribution in [0.1, 0.15) is 34.8 Å². The highest BCUT2D eigenvalue weighted by Crippen LogP contribution is 2.30. The van der Waals surface area contributed by atoms with Gasteiger partial charge in [-0.25, -0.2) is 4.39 Å². The number of carbonyl (C=O) groups is 1. The van der Waals surface area contributed by atoms with Crippen LogP contribution in [0.2, 0.25) is 0 Å². The van der Waals surface area contributed by atoms with Crippen molar-refractivity contribution in [3.8, 4) is 5.75 Å². The van der Waals surface area contributed by atoms with E-state index in [1.807, 2.05) is 0 Å². The number of amides is 1. The Kier molecular flexibility index (Phi) is 6.26. The van der Waals surface area contributed by atoms with Crippen LogP contribution in [0.25, 0.3) is 0 Å². The molecule has 2 N–H and O–H groups in total. The number of nitrogens with zero attached hydrogens (tertiary/aromatic N) is 2. The first kappa shape index (κ1) is 20.9. The average molecular weight is 417 g/mol. The molecule has 1 aliphatic heterocycles. The van der Waals surface area contributed by atoms with E-state index in [4.69, 9.17) is 9.63 Å². The Labute approximate surface area is 163 Å². The van der Waals surface area contributed by atoms with Gasteiger partial charge in [0.25, 0.3) is 5.91 Å². The number of nitrogens with one attached hydrogen (secondary N) is 1. The number of aliphatic hydroxyl groups excluding tert-OH is 1. The first-order chi connectivity index (χ1) is 13.8. The number of rotatable bonds is 6. The highest BCUT2D eigenvalue weighted by Gasteiger charge is 2.33. The maximum Gasteiger partial charge on any atom is 0.573 e. The molecule has 0 unspecified atom stereocenters. The number of aromatic nitrogens is 1. The van der Waals surface area contributed by atoms with Gasteiger partial charge in [-0.15, -0.1) is 13.2 Å². The van der Waals surface area contributed by atoms with Crippen LogP contribution in [0.15, 0.2) is 28.8 Å². The summed E-state index contributed by atoms with van der Waals surface area (Å²) in [7, 11) is 0. The van der Waals surface area contributed by atoms with E-state index in [1.54, 1.807) is 6.07 Å². The van der Waals surface area contributed by atoms with Gasteiger partial charge < -0.3 is 24.6 Å². The first-order valence-electron chi connectivity index (χ1n) is 8.93. The summed E-state index contributed by atoms with van der Waals surface area (Å²) in [6, 6.07) is 4.38. The third kappa shape index (κ3) is 5.37. The Morgan fingerprint density at radius 1 is 1.31 bits per heavy atom. The number of aliphatic hydroxyl groups is 1. The van der Waals surface area contributed by atoms with Gasteiger partial charge in [0.15, 0.2) is 11.6 Å². The van der Waals surface area contributed by atoms with Gasteiger partial charge in [-0.2, -0.15) is 0 Å². The maximum absolute atomic E-state index is 13.8. The van der Waals surface area contributed by atoms with Crippen LogP contribution >= 0.6 is 0 Å². The highest BCUT2D eigenvalue weighted by atomic mass is 19.4. The Bertz CT molecular complexity index is 848. The van der Waals surface area contributed by atoms with Gasteiger partial charge in [0, 0.05) is 37.2 Å². The van der Waals surface area contributed by atoms with Crippen LogP contribution < -0.4 is 10.1 Å². The summed E-state index contributed by atoms with van der Waals surface area (Å²) < 4.78 is 59.2. The third-order valence-electron chi connectivity index (χ3n) is 4.54. The minimum atomic E-state index is -5.01. The zero-order chi connectivity index (χ0) is 21.0. The van der Waals surface area contributed by atoms with Crippen molar-refractivity contribution >= 4 is 11.8 Å². The van der Waals surface area contributed by atoms with Crippen LogP contribution in [0, 0.1) is 5.82 Å². The molecule has 3 rings (SSSR count). The SMILES string of the molecule is O=C(c1ccc(OC(F)(F)F)c(F)c1)N1CCC(c2cc(NCCO)on2)CC1. The Balaban J connectivity index is 1.58. The molecule has 29 heavy (non-hydrogen) atoms. The largest absolute Gasteiger partial charge is 0.573 e. The van der Waals surface area contributed by atoms with Crippen molar-refractivity contribution in [1.29, 1.82) is 0 Å². The molecular formula is C18H19F4N3O4. The molecule has 0 saturated carbocycles. The zero-order valence-corrected chi connectivity index (χ0v) is 15.2. The van der Waals surface area contributed by atoms with Crippen LogP contribution in [0.4, 0.5) is 23.4 Å². The van der Waals surface area contributed by atoms with E-state index in [0.29, 0.717) is 38.4 Å². The second kappa shape index (κ2) is 8.68. The van der Waals surface area contributed by atoms with Gasteiger partial charge >= 0.3 is 6.36 Å². The lowest BCUT2D eigenvalue weighted by atomic mass is 9.93. The summed E-state index contributed by atoms with van der Waals surface area (Å²) in [5, 5.41) is 15.7. The highest BCUT2D eigenvalue weighted by molar-refractivity contribution is 5.94. The van der Waals surface area contributed by atoms with Gasteiger partial charge in [-0.1, -0.05) is 5.16 Å². The summed E-state index contributed by atoms with van der Waals surface area (Å²) >= 11 is 0. The summed E-state index contributed by atoms with van der Waals surface area (Å²) in [4.78, 5) is 14.1. The van der Waals surface area contributed by atoms with Gasteiger partial charge in [-0.3, -0.25) is 4.79 Å². The van der Waals surface area contributed by atoms with Crippen LogP contribution in [-0.4, -0.2) is 53.7 Å². The molecule has 1 aromatic carbocycles. The number of ether oxygens (including phenoxy) is 1. The fourth-order valence-electron chi connectivity index (χ4n) is 3.15. The zero-order valence-electron chi connectivity index (χ0n) is 15.2. The normalized spacial score (nSPS) is 15.4. The Morgan fingerprint density at radius 3 is 2.66 bits per heavy atom. The van der Waals surface area contributed by atoms with Crippen molar-refractivity contribution in [2.45, 2.75) is 25.1 Å². The van der Waals surface area contributed by atoms with Crippen molar-refractivity contribution in [3.05, 3.63) is 41.3 Å². The maximum atomic E-state index is 13.8. The fourth-order valence-corrected chi connectivity index (χ4v) is 3.15. The van der Waals surface area contributed by atoms with Gasteiger partial charge in [0.2, 0.25) is 5.88 Å². The number of benzene rings is 1. The minimum Gasteiger partial charge on any atom is -0.403 e. The lowest BCUT2D eigenvalue weighted by Gasteiger charge is -2.31. The fraction of sp³-hybridized carbons (Fsp3) is 0.444. The van der Waals surface area contributed by atoms with Crippen LogP contribution in [0.3, 0.4) is 0 Å². The first-order valence-corrected chi connectivity index (χ1v) is 8.93. The molecule has 1 fully saturated rings. The monoisotopic (exact) mass is 417 g/mol. The van der Waals surface area contributed by atoms with Gasteiger partial charge in [-0.05, 0) is 31.0 Å². The number of carbonyl (C=O) groups excluding carboxylic acids is 1. The van der Waals surface area contributed by atoms with E-state index in [9.17, 15) is 22.4 Å². The van der Waals surface area contributed by atoms with Crippen molar-refractivity contribution < 1.29 is 36.7 Å². The molecule has 2 aromatic rings.